The number of hydrogen-bond acceptors (Lipinski definition) is 4. The maximum absolute atomic E-state index is 5.16. The van der Waals surface area contributed by atoms with Crippen LogP contribution in [0.1, 0.15) is 54.9 Å². The Hall–Kier alpha value is -2.79. The minimum Gasteiger partial charge on any atom is -0.324 e. The molecular formula is C24H25N5. The van der Waals surface area contributed by atoms with Crippen LogP contribution in [0.25, 0.3) is 28.2 Å². The number of aryl methyl sites for hydroxylation is 1. The van der Waals surface area contributed by atoms with E-state index in [1.165, 1.54) is 41.9 Å². The number of nitrogens with zero attached hydrogens (tertiary/aromatic N) is 4. The van der Waals surface area contributed by atoms with E-state index in [4.69, 9.17) is 9.97 Å². The number of imidazole rings is 1. The molecule has 3 aromatic heterocycles. The smallest absolute Gasteiger partial charge is 0.115 e. The van der Waals surface area contributed by atoms with E-state index in [1.54, 1.807) is 0 Å². The maximum atomic E-state index is 5.16. The highest BCUT2D eigenvalue weighted by atomic mass is 15.2. The SMILES string of the molecule is Cc1cccc(-c2nc3n(c2-c2ccnc(C4=CCNCC4)c2)C2CCC3C2)n1. The van der Waals surface area contributed by atoms with Gasteiger partial charge in [0.2, 0.25) is 0 Å². The molecule has 5 heteroatoms. The Morgan fingerprint density at radius 1 is 1.10 bits per heavy atom. The molecule has 0 saturated heterocycles. The van der Waals surface area contributed by atoms with E-state index in [0.717, 1.165) is 42.3 Å². The molecule has 2 bridgehead atoms. The van der Waals surface area contributed by atoms with Gasteiger partial charge in [-0.1, -0.05) is 12.1 Å². The summed E-state index contributed by atoms with van der Waals surface area (Å²) in [5.41, 5.74) is 7.88. The van der Waals surface area contributed by atoms with Crippen LogP contribution < -0.4 is 5.32 Å². The van der Waals surface area contributed by atoms with Crippen molar-refractivity contribution >= 4 is 5.57 Å². The first-order valence-electron chi connectivity index (χ1n) is 10.7. The first-order chi connectivity index (χ1) is 14.3. The molecule has 1 N–H and O–H groups in total. The summed E-state index contributed by atoms with van der Waals surface area (Å²) in [6, 6.07) is 11.2. The predicted molar refractivity (Wildman–Crippen MR) is 115 cm³/mol. The van der Waals surface area contributed by atoms with Crippen molar-refractivity contribution < 1.29 is 0 Å². The van der Waals surface area contributed by atoms with Crippen LogP contribution in [0.2, 0.25) is 0 Å². The summed E-state index contributed by atoms with van der Waals surface area (Å²) in [5.74, 6) is 1.86. The first-order valence-corrected chi connectivity index (χ1v) is 10.7. The molecule has 1 saturated carbocycles. The number of pyridine rings is 2. The van der Waals surface area contributed by atoms with Gasteiger partial charge in [-0.25, -0.2) is 4.98 Å². The van der Waals surface area contributed by atoms with Gasteiger partial charge in [-0.05, 0) is 69.0 Å². The molecule has 3 aromatic rings. The van der Waals surface area contributed by atoms with Gasteiger partial charge >= 0.3 is 0 Å². The molecule has 1 aliphatic carbocycles. The minimum absolute atomic E-state index is 0.575. The average Bonchev–Trinajstić information content (AvgIpc) is 3.47. The lowest BCUT2D eigenvalue weighted by Crippen LogP contribution is -2.20. The quantitative estimate of drug-likeness (QED) is 0.723. The first kappa shape index (κ1) is 17.1. The van der Waals surface area contributed by atoms with Crippen LogP contribution in [0.5, 0.6) is 0 Å². The van der Waals surface area contributed by atoms with Crippen LogP contribution in [0, 0.1) is 6.92 Å². The standard InChI is InChI=1S/C24H25N5/c1-15-3-2-4-20(27-15)22-23(29-19-6-5-18(13-19)24(29)28-22)17-9-12-26-21(14-17)16-7-10-25-11-8-16/h2-4,7,9,12,14,18-19,25H,5-6,8,10-11,13H2,1H3. The average molecular weight is 383 g/mol. The third-order valence-electron chi connectivity index (χ3n) is 6.63. The van der Waals surface area contributed by atoms with Gasteiger partial charge in [-0.15, -0.1) is 0 Å². The van der Waals surface area contributed by atoms with Crippen LogP contribution in [0.4, 0.5) is 0 Å². The molecule has 2 aliphatic heterocycles. The van der Waals surface area contributed by atoms with Crippen molar-refractivity contribution in [2.75, 3.05) is 13.1 Å². The maximum Gasteiger partial charge on any atom is 0.115 e. The minimum atomic E-state index is 0.575. The molecule has 0 aromatic carbocycles. The third-order valence-corrected chi connectivity index (χ3v) is 6.63. The molecule has 2 unspecified atom stereocenters. The summed E-state index contributed by atoms with van der Waals surface area (Å²) in [6.45, 7) is 3.98. The fourth-order valence-electron chi connectivity index (χ4n) is 5.27. The Bertz CT molecular complexity index is 1130. The van der Waals surface area contributed by atoms with Crippen molar-refractivity contribution in [3.63, 3.8) is 0 Å². The largest absolute Gasteiger partial charge is 0.324 e. The lowest BCUT2D eigenvalue weighted by molar-refractivity contribution is 0.530. The van der Waals surface area contributed by atoms with Gasteiger partial charge < -0.3 is 9.88 Å². The molecule has 29 heavy (non-hydrogen) atoms. The van der Waals surface area contributed by atoms with Crippen LogP contribution in [-0.4, -0.2) is 32.6 Å². The topological polar surface area (TPSA) is 55.6 Å². The highest BCUT2D eigenvalue weighted by Gasteiger charge is 2.41. The number of hydrogen-bond donors (Lipinski definition) is 1. The van der Waals surface area contributed by atoms with E-state index < -0.39 is 0 Å². The molecule has 5 nitrogen and oxygen atoms in total. The van der Waals surface area contributed by atoms with Gasteiger partial charge in [0.1, 0.15) is 11.5 Å². The summed E-state index contributed by atoms with van der Waals surface area (Å²) in [7, 11) is 0. The van der Waals surface area contributed by atoms with Gasteiger partial charge in [0.05, 0.1) is 17.1 Å². The molecular weight excluding hydrogens is 358 g/mol. The van der Waals surface area contributed by atoms with Crippen LogP contribution >= 0.6 is 0 Å². The number of rotatable bonds is 3. The molecule has 1 fully saturated rings. The summed E-state index contributed by atoms with van der Waals surface area (Å²) < 4.78 is 2.52. The summed E-state index contributed by atoms with van der Waals surface area (Å²) >= 11 is 0. The molecule has 6 rings (SSSR count). The zero-order valence-electron chi connectivity index (χ0n) is 16.7. The molecule has 3 aliphatic rings. The summed E-state index contributed by atoms with van der Waals surface area (Å²) in [4.78, 5) is 14.7. The van der Waals surface area contributed by atoms with E-state index in [2.05, 4.69) is 45.2 Å². The van der Waals surface area contributed by atoms with Gasteiger partial charge in [0, 0.05) is 36.0 Å². The summed E-state index contributed by atoms with van der Waals surface area (Å²) in [6.07, 6.45) is 9.01. The summed E-state index contributed by atoms with van der Waals surface area (Å²) in [5, 5.41) is 3.39. The van der Waals surface area contributed by atoms with Crippen LogP contribution in [0.15, 0.2) is 42.6 Å². The van der Waals surface area contributed by atoms with E-state index in [9.17, 15) is 0 Å². The fraction of sp³-hybridized carbons (Fsp3) is 0.375. The van der Waals surface area contributed by atoms with Crippen LogP contribution in [-0.2, 0) is 0 Å². The molecule has 5 heterocycles. The number of fused-ring (bicyclic) bond motifs is 5. The van der Waals surface area contributed by atoms with Gasteiger partial charge in [-0.3, -0.25) is 9.97 Å². The second kappa shape index (κ2) is 6.63. The lowest BCUT2D eigenvalue weighted by Gasteiger charge is -2.18. The van der Waals surface area contributed by atoms with Gasteiger partial charge in [-0.2, -0.15) is 0 Å². The Morgan fingerprint density at radius 2 is 2.07 bits per heavy atom. The second-order valence-corrected chi connectivity index (χ2v) is 8.48. The molecule has 0 spiro atoms. The number of aromatic nitrogens is 4. The van der Waals surface area contributed by atoms with Crippen LogP contribution in [0.3, 0.4) is 0 Å². The van der Waals surface area contributed by atoms with Crippen molar-refractivity contribution in [2.45, 2.75) is 44.6 Å². The molecule has 0 radical (unpaired) electrons. The lowest BCUT2D eigenvalue weighted by atomic mass is 10.0. The normalized spacial score (nSPS) is 22.6. The van der Waals surface area contributed by atoms with Crippen molar-refractivity contribution in [3.8, 4) is 22.6 Å². The van der Waals surface area contributed by atoms with Crippen molar-refractivity contribution in [2.24, 2.45) is 0 Å². The Kier molecular flexibility index (Phi) is 3.91. The highest BCUT2D eigenvalue weighted by molar-refractivity contribution is 5.80. The monoisotopic (exact) mass is 383 g/mol. The Labute approximate surface area is 170 Å². The van der Waals surface area contributed by atoms with Crippen molar-refractivity contribution in [1.82, 2.24) is 24.8 Å². The van der Waals surface area contributed by atoms with E-state index >= 15 is 0 Å². The fourth-order valence-corrected chi connectivity index (χ4v) is 5.27. The Balaban J connectivity index is 1.54. The zero-order chi connectivity index (χ0) is 19.4. The van der Waals surface area contributed by atoms with E-state index in [1.807, 2.05) is 19.2 Å². The second-order valence-electron chi connectivity index (χ2n) is 8.48. The Morgan fingerprint density at radius 3 is 2.93 bits per heavy atom. The predicted octanol–water partition coefficient (Wildman–Crippen LogP) is 4.51. The molecule has 2 atom stereocenters. The van der Waals surface area contributed by atoms with Crippen molar-refractivity contribution in [1.29, 1.82) is 0 Å². The molecule has 146 valence electrons. The highest BCUT2D eigenvalue weighted by Crippen LogP contribution is 2.52. The van der Waals surface area contributed by atoms with E-state index in [0.29, 0.717) is 12.0 Å². The number of nitrogens with one attached hydrogen (secondary N) is 1. The zero-order valence-corrected chi connectivity index (χ0v) is 16.7. The van der Waals surface area contributed by atoms with Gasteiger partial charge in [0.25, 0.3) is 0 Å². The third kappa shape index (κ3) is 2.76. The van der Waals surface area contributed by atoms with Crippen molar-refractivity contribution in [3.05, 3.63) is 59.8 Å². The van der Waals surface area contributed by atoms with E-state index in [-0.39, 0.29) is 0 Å². The molecule has 0 amide bonds. The van der Waals surface area contributed by atoms with Gasteiger partial charge in [0.15, 0.2) is 0 Å².